The topological polar surface area (TPSA) is 27.7 Å². The van der Waals surface area contributed by atoms with E-state index in [1.807, 2.05) is 42.5 Å². The Labute approximate surface area is 148 Å². The summed E-state index contributed by atoms with van der Waals surface area (Å²) in [6, 6.07) is 7.69. The maximum absolute atomic E-state index is 6.49. The van der Waals surface area contributed by atoms with Crippen LogP contribution in [0.4, 0.5) is 0 Å². The second-order valence-electron chi connectivity index (χ2n) is 7.88. The average Bonchev–Trinajstić information content (AvgIpc) is 2.54. The molecule has 3 atom stereocenters. The predicted molar refractivity (Wildman–Crippen MR) is 94.4 cm³/mol. The van der Waals surface area contributed by atoms with Gasteiger partial charge in [0, 0.05) is 10.4 Å². The van der Waals surface area contributed by atoms with Crippen molar-refractivity contribution in [2.45, 2.75) is 57.0 Å². The Morgan fingerprint density at radius 3 is 2.54 bits per heavy atom. The maximum Gasteiger partial charge on any atom is 0.241 e. The van der Waals surface area contributed by atoms with E-state index in [4.69, 9.17) is 26.1 Å². The largest absolute Gasteiger partial charge is 0.331 e. The number of benzene rings is 1. The second-order valence-corrected chi connectivity index (χ2v) is 8.29. The number of fused-ring (bicyclic) bond motifs is 1. The van der Waals surface area contributed by atoms with Crippen molar-refractivity contribution in [1.29, 1.82) is 0 Å². The van der Waals surface area contributed by atoms with Gasteiger partial charge in [-0.3, -0.25) is 0 Å². The van der Waals surface area contributed by atoms with Crippen molar-refractivity contribution in [3.8, 4) is 0 Å². The van der Waals surface area contributed by atoms with Gasteiger partial charge in [-0.25, -0.2) is 4.89 Å². The highest BCUT2D eigenvalue weighted by molar-refractivity contribution is 6.32. The fraction of sp³-hybridized carbons (Fsp3) is 0.500. The van der Waals surface area contributed by atoms with Crippen molar-refractivity contribution >= 4 is 17.7 Å². The molecule has 2 bridgehead atoms. The minimum atomic E-state index is -0.997. The summed E-state index contributed by atoms with van der Waals surface area (Å²) in [4.78, 5) is 11.8. The normalized spacial score (nSPS) is 40.0. The summed E-state index contributed by atoms with van der Waals surface area (Å²) in [7, 11) is 0. The maximum atomic E-state index is 6.49. The molecule has 4 heteroatoms. The Bertz CT molecular complexity index is 725. The van der Waals surface area contributed by atoms with E-state index in [9.17, 15) is 0 Å². The highest BCUT2D eigenvalue weighted by Crippen LogP contribution is 2.60. The number of ether oxygens (including phenoxy) is 1. The van der Waals surface area contributed by atoms with E-state index >= 15 is 0 Å². The number of hydrogen-bond donors (Lipinski definition) is 0. The molecule has 128 valence electrons. The molecule has 1 aromatic carbocycles. The van der Waals surface area contributed by atoms with E-state index < -0.39 is 17.0 Å². The lowest BCUT2D eigenvalue weighted by molar-refractivity contribution is -0.540. The Morgan fingerprint density at radius 1 is 1.04 bits per heavy atom. The summed E-state index contributed by atoms with van der Waals surface area (Å²) in [5.41, 5.74) is -0.0777. The van der Waals surface area contributed by atoms with Gasteiger partial charge < -0.3 is 4.74 Å². The van der Waals surface area contributed by atoms with Crippen LogP contribution in [-0.4, -0.2) is 17.0 Å². The van der Waals surface area contributed by atoms with Crippen molar-refractivity contribution in [3.63, 3.8) is 0 Å². The van der Waals surface area contributed by atoms with Crippen molar-refractivity contribution < 1.29 is 14.5 Å². The van der Waals surface area contributed by atoms with E-state index in [1.54, 1.807) is 0 Å². The summed E-state index contributed by atoms with van der Waals surface area (Å²) in [5.74, 6) is -0.997. The minimum Gasteiger partial charge on any atom is -0.331 e. The van der Waals surface area contributed by atoms with Gasteiger partial charge in [-0.1, -0.05) is 49.7 Å². The van der Waals surface area contributed by atoms with Crippen LogP contribution < -0.4 is 0 Å². The average molecular weight is 347 g/mol. The molecule has 1 aromatic rings. The molecule has 3 heterocycles. The zero-order chi connectivity index (χ0) is 17.1. The molecular formula is C20H23ClO3. The van der Waals surface area contributed by atoms with E-state index in [0.717, 1.165) is 24.8 Å². The Kier molecular flexibility index (Phi) is 3.53. The molecule has 2 fully saturated rings. The Balaban J connectivity index is 1.71. The highest BCUT2D eigenvalue weighted by Gasteiger charge is 2.68. The standard InChI is InChI=1S/C20H23ClO3/c1-17(2)10-6-11-18(3)20(17)14-13-19(22-18,23-24-20)12-9-15-7-4-5-8-16(15)21/h4-5,7-9,12-14H,6,10-11H2,1-3H3/b12-9+/t18-,19-,20?/m0/s1. The summed E-state index contributed by atoms with van der Waals surface area (Å²) in [6.07, 6.45) is 11.1. The van der Waals surface area contributed by atoms with Gasteiger partial charge in [-0.2, -0.15) is 4.89 Å². The van der Waals surface area contributed by atoms with E-state index in [0.29, 0.717) is 5.02 Å². The van der Waals surface area contributed by atoms with Gasteiger partial charge in [-0.05, 0) is 56.0 Å². The lowest BCUT2D eigenvalue weighted by Gasteiger charge is -2.64. The first-order valence-electron chi connectivity index (χ1n) is 8.53. The monoisotopic (exact) mass is 346 g/mol. The number of halogens is 1. The van der Waals surface area contributed by atoms with Gasteiger partial charge in [0.15, 0.2) is 5.60 Å². The Hall–Kier alpha value is -1.13. The van der Waals surface area contributed by atoms with Crippen LogP contribution in [0.15, 0.2) is 42.5 Å². The third kappa shape index (κ3) is 2.15. The van der Waals surface area contributed by atoms with Crippen LogP contribution >= 0.6 is 11.6 Å². The van der Waals surface area contributed by atoms with Gasteiger partial charge in [0.2, 0.25) is 5.79 Å². The third-order valence-electron chi connectivity index (χ3n) is 5.89. The smallest absolute Gasteiger partial charge is 0.241 e. The molecule has 3 nitrogen and oxygen atoms in total. The van der Waals surface area contributed by atoms with E-state index in [2.05, 4.69) is 26.8 Å². The van der Waals surface area contributed by atoms with Crippen molar-refractivity contribution in [1.82, 2.24) is 0 Å². The van der Waals surface area contributed by atoms with Crippen LogP contribution in [0, 0.1) is 5.41 Å². The summed E-state index contributed by atoms with van der Waals surface area (Å²) in [6.45, 7) is 6.58. The van der Waals surface area contributed by atoms with Crippen molar-refractivity contribution in [2.75, 3.05) is 0 Å². The van der Waals surface area contributed by atoms with Gasteiger partial charge in [0.1, 0.15) is 5.60 Å². The fourth-order valence-corrected chi connectivity index (χ4v) is 4.64. The third-order valence-corrected chi connectivity index (χ3v) is 6.23. The molecule has 1 aliphatic carbocycles. The molecule has 0 radical (unpaired) electrons. The van der Waals surface area contributed by atoms with Crippen molar-refractivity contribution in [3.05, 3.63) is 53.1 Å². The number of hydrogen-bond acceptors (Lipinski definition) is 3. The van der Waals surface area contributed by atoms with Crippen LogP contribution in [0.5, 0.6) is 0 Å². The molecule has 1 spiro atoms. The number of rotatable bonds is 2. The van der Waals surface area contributed by atoms with Crippen LogP contribution in [-0.2, 0) is 14.5 Å². The second kappa shape index (κ2) is 5.18. The molecule has 1 saturated heterocycles. The first-order valence-corrected chi connectivity index (χ1v) is 8.91. The minimum absolute atomic E-state index is 0.0461. The molecule has 0 N–H and O–H groups in total. The Morgan fingerprint density at radius 2 is 1.83 bits per heavy atom. The SMILES string of the molecule is CC1(C)CCC[C@]2(C)O[C@]3(/C=C/c4ccccc4Cl)C=CC12OO3. The van der Waals surface area contributed by atoms with Crippen LogP contribution in [0.2, 0.25) is 5.02 Å². The van der Waals surface area contributed by atoms with Gasteiger partial charge in [0.05, 0.1) is 0 Å². The molecule has 1 unspecified atom stereocenters. The van der Waals surface area contributed by atoms with Crippen LogP contribution in [0.3, 0.4) is 0 Å². The van der Waals surface area contributed by atoms with Gasteiger partial charge >= 0.3 is 0 Å². The molecule has 0 amide bonds. The highest BCUT2D eigenvalue weighted by atomic mass is 35.5. The van der Waals surface area contributed by atoms with E-state index in [-0.39, 0.29) is 5.41 Å². The molecule has 3 aliphatic heterocycles. The first-order chi connectivity index (χ1) is 11.3. The van der Waals surface area contributed by atoms with Gasteiger partial charge in [0.25, 0.3) is 0 Å². The van der Waals surface area contributed by atoms with Crippen molar-refractivity contribution in [2.24, 2.45) is 5.41 Å². The van der Waals surface area contributed by atoms with Crippen LogP contribution in [0.25, 0.3) is 6.08 Å². The van der Waals surface area contributed by atoms with Gasteiger partial charge in [-0.15, -0.1) is 0 Å². The molecule has 5 rings (SSSR count). The zero-order valence-corrected chi connectivity index (χ0v) is 15.1. The van der Waals surface area contributed by atoms with E-state index in [1.165, 1.54) is 0 Å². The predicted octanol–water partition coefficient (Wildman–Crippen LogP) is 5.31. The lowest BCUT2D eigenvalue weighted by atomic mass is 9.57. The molecule has 0 aromatic heterocycles. The molecular weight excluding hydrogens is 324 g/mol. The molecule has 1 saturated carbocycles. The fourth-order valence-electron chi connectivity index (χ4n) is 4.44. The molecule has 4 aliphatic rings. The summed E-state index contributed by atoms with van der Waals surface area (Å²) in [5, 5.41) is 0.695. The molecule has 24 heavy (non-hydrogen) atoms. The quantitative estimate of drug-likeness (QED) is 0.537. The van der Waals surface area contributed by atoms with Crippen LogP contribution in [0.1, 0.15) is 45.6 Å². The first kappa shape index (κ1) is 16.3. The lowest BCUT2D eigenvalue weighted by Crippen LogP contribution is -2.73. The summed E-state index contributed by atoms with van der Waals surface area (Å²) < 4.78 is 6.49. The summed E-state index contributed by atoms with van der Waals surface area (Å²) >= 11 is 6.23. The zero-order valence-electron chi connectivity index (χ0n) is 14.3.